The zero-order valence-corrected chi connectivity index (χ0v) is 20.2. The van der Waals surface area contributed by atoms with Gasteiger partial charge in [0.15, 0.2) is 11.6 Å². The number of nitrogens with one attached hydrogen (secondary N) is 1. The molecule has 184 valence electrons. The molecule has 0 bridgehead atoms. The third-order valence-electron chi connectivity index (χ3n) is 5.10. The number of hydrogen-bond donors (Lipinski definition) is 1. The zero-order chi connectivity index (χ0) is 24.9. The summed E-state index contributed by atoms with van der Waals surface area (Å²) in [6.45, 7) is 8.97. The lowest BCUT2D eigenvalue weighted by Crippen LogP contribution is -2.56. The maximum absolute atomic E-state index is 13.6. The summed E-state index contributed by atoms with van der Waals surface area (Å²) in [5, 5.41) is 2.77. The van der Waals surface area contributed by atoms with Gasteiger partial charge in [0, 0.05) is 5.56 Å². The highest BCUT2D eigenvalue weighted by molar-refractivity contribution is 6.00. The first-order valence-electron chi connectivity index (χ1n) is 11.2. The van der Waals surface area contributed by atoms with Crippen molar-refractivity contribution >= 4 is 11.9 Å². The van der Waals surface area contributed by atoms with E-state index in [9.17, 15) is 14.0 Å². The van der Waals surface area contributed by atoms with Gasteiger partial charge in [-0.2, -0.15) is 0 Å². The Kier molecular flexibility index (Phi) is 8.07. The molecule has 0 radical (unpaired) electrons. The molecule has 2 aromatic carbocycles. The van der Waals surface area contributed by atoms with E-state index < -0.39 is 47.3 Å². The Hall–Kier alpha value is -2.81. The fourth-order valence-electron chi connectivity index (χ4n) is 3.58. The number of ether oxygens (including phenoxy) is 4. The lowest BCUT2D eigenvalue weighted by Gasteiger charge is -2.32. The molecule has 0 spiro atoms. The number of amides is 1. The molecule has 8 heteroatoms. The van der Waals surface area contributed by atoms with Crippen molar-refractivity contribution in [3.05, 3.63) is 71.5 Å². The molecule has 1 N–H and O–H groups in total. The first-order chi connectivity index (χ1) is 15.9. The Morgan fingerprint density at radius 2 is 1.76 bits per heavy atom. The van der Waals surface area contributed by atoms with E-state index in [0.717, 1.165) is 5.56 Å². The highest BCUT2D eigenvalue weighted by atomic mass is 19.1. The Morgan fingerprint density at radius 3 is 2.32 bits per heavy atom. The van der Waals surface area contributed by atoms with Crippen LogP contribution in [0.4, 0.5) is 9.18 Å². The van der Waals surface area contributed by atoms with Gasteiger partial charge < -0.3 is 24.3 Å². The highest BCUT2D eigenvalue weighted by Crippen LogP contribution is 2.28. The average molecular weight is 474 g/mol. The minimum atomic E-state index is -1.15. The minimum absolute atomic E-state index is 0.113. The molecule has 0 aromatic heterocycles. The molecular formula is C26H32FNO6. The SMILES string of the molecule is CC(C)(C)OC(=O)N[C@@H]([C@H]1COC(C)(C)O1)[C@@H](OCc1ccccc1)C(=O)c1ccc(F)cc1. The van der Waals surface area contributed by atoms with Crippen LogP contribution in [0.2, 0.25) is 0 Å². The molecule has 0 aliphatic carbocycles. The van der Waals surface area contributed by atoms with Crippen molar-refractivity contribution in [2.45, 2.75) is 70.9 Å². The molecule has 1 fully saturated rings. The van der Waals surface area contributed by atoms with Gasteiger partial charge in [-0.25, -0.2) is 9.18 Å². The Bertz CT molecular complexity index is 971. The van der Waals surface area contributed by atoms with E-state index in [4.69, 9.17) is 18.9 Å². The van der Waals surface area contributed by atoms with E-state index in [1.807, 2.05) is 30.3 Å². The van der Waals surface area contributed by atoms with E-state index in [1.54, 1.807) is 34.6 Å². The molecule has 1 saturated heterocycles. The molecule has 1 aliphatic rings. The second-order valence-electron chi connectivity index (χ2n) is 9.63. The van der Waals surface area contributed by atoms with Crippen LogP contribution in [0.15, 0.2) is 54.6 Å². The van der Waals surface area contributed by atoms with Crippen molar-refractivity contribution in [2.75, 3.05) is 6.61 Å². The molecule has 0 unspecified atom stereocenters. The maximum Gasteiger partial charge on any atom is 0.408 e. The number of benzene rings is 2. The summed E-state index contributed by atoms with van der Waals surface area (Å²) in [7, 11) is 0. The predicted molar refractivity (Wildman–Crippen MR) is 124 cm³/mol. The molecule has 1 amide bonds. The van der Waals surface area contributed by atoms with Crippen LogP contribution in [0.5, 0.6) is 0 Å². The van der Waals surface area contributed by atoms with Crippen LogP contribution in [0.25, 0.3) is 0 Å². The first-order valence-corrected chi connectivity index (χ1v) is 11.2. The van der Waals surface area contributed by atoms with Crippen LogP contribution in [-0.4, -0.2) is 48.1 Å². The average Bonchev–Trinajstić information content (AvgIpc) is 3.12. The number of alkyl carbamates (subject to hydrolysis) is 1. The number of ketones is 1. The van der Waals surface area contributed by atoms with Gasteiger partial charge in [0.05, 0.1) is 19.3 Å². The smallest absolute Gasteiger partial charge is 0.408 e. The van der Waals surface area contributed by atoms with Crippen LogP contribution < -0.4 is 5.32 Å². The van der Waals surface area contributed by atoms with Gasteiger partial charge in [-0.3, -0.25) is 4.79 Å². The summed E-state index contributed by atoms with van der Waals surface area (Å²) < 4.78 is 36.7. The second kappa shape index (κ2) is 10.6. The Morgan fingerprint density at radius 1 is 1.12 bits per heavy atom. The predicted octanol–water partition coefficient (Wildman–Crippen LogP) is 4.64. The standard InChI is InChI=1S/C26H32FNO6/c1-25(2,3)34-24(30)28-21(20-16-32-26(4,5)33-20)23(31-15-17-9-7-6-8-10-17)22(29)18-11-13-19(27)14-12-18/h6-14,20-21,23H,15-16H2,1-5H3,(H,28,30)/t20-,21+,23-/m1/s1. The Labute approximate surface area is 199 Å². The van der Waals surface area contributed by atoms with Crippen LogP contribution in [0.3, 0.4) is 0 Å². The zero-order valence-electron chi connectivity index (χ0n) is 20.2. The number of hydrogen-bond acceptors (Lipinski definition) is 6. The lowest BCUT2D eigenvalue weighted by molar-refractivity contribution is -0.146. The number of carbonyl (C=O) groups excluding carboxylic acids is 2. The molecule has 3 rings (SSSR count). The molecule has 0 saturated carbocycles. The minimum Gasteiger partial charge on any atom is -0.444 e. The summed E-state index contributed by atoms with van der Waals surface area (Å²) in [5.41, 5.74) is 0.343. The molecule has 1 aliphatic heterocycles. The van der Waals surface area contributed by atoms with Crippen molar-refractivity contribution in [3.63, 3.8) is 0 Å². The molecule has 1 heterocycles. The van der Waals surface area contributed by atoms with Gasteiger partial charge in [-0.1, -0.05) is 30.3 Å². The van der Waals surface area contributed by atoms with Crippen LogP contribution >= 0.6 is 0 Å². The number of rotatable bonds is 8. The van der Waals surface area contributed by atoms with E-state index in [0.29, 0.717) is 0 Å². The van der Waals surface area contributed by atoms with Gasteiger partial charge in [-0.15, -0.1) is 0 Å². The van der Waals surface area contributed by atoms with Crippen LogP contribution in [0.1, 0.15) is 50.5 Å². The largest absolute Gasteiger partial charge is 0.444 e. The molecule has 2 aromatic rings. The van der Waals surface area contributed by atoms with Crippen molar-refractivity contribution in [1.29, 1.82) is 0 Å². The molecular weight excluding hydrogens is 441 g/mol. The van der Waals surface area contributed by atoms with E-state index in [-0.39, 0.29) is 18.8 Å². The van der Waals surface area contributed by atoms with Gasteiger partial charge in [0.1, 0.15) is 23.6 Å². The maximum atomic E-state index is 13.6. The molecule has 7 nitrogen and oxygen atoms in total. The number of carbonyl (C=O) groups is 2. The van der Waals surface area contributed by atoms with Crippen molar-refractivity contribution in [3.8, 4) is 0 Å². The Balaban J connectivity index is 1.93. The summed E-state index contributed by atoms with van der Waals surface area (Å²) in [6, 6.07) is 13.6. The molecule has 34 heavy (non-hydrogen) atoms. The first kappa shape index (κ1) is 25.8. The second-order valence-corrected chi connectivity index (χ2v) is 9.63. The van der Waals surface area contributed by atoms with Crippen LogP contribution in [0, 0.1) is 5.82 Å². The van der Waals surface area contributed by atoms with E-state index in [2.05, 4.69) is 5.32 Å². The van der Waals surface area contributed by atoms with Crippen molar-refractivity contribution in [2.24, 2.45) is 0 Å². The fraction of sp³-hybridized carbons (Fsp3) is 0.462. The molecule has 3 atom stereocenters. The summed E-state index contributed by atoms with van der Waals surface area (Å²) in [4.78, 5) is 26.3. The van der Waals surface area contributed by atoms with E-state index >= 15 is 0 Å². The third kappa shape index (κ3) is 7.35. The quantitative estimate of drug-likeness (QED) is 0.563. The van der Waals surface area contributed by atoms with Gasteiger partial charge >= 0.3 is 6.09 Å². The third-order valence-corrected chi connectivity index (χ3v) is 5.10. The number of halogens is 1. The van der Waals surface area contributed by atoms with Gasteiger partial charge in [0.25, 0.3) is 0 Å². The summed E-state index contributed by atoms with van der Waals surface area (Å²) in [5.74, 6) is -1.79. The van der Waals surface area contributed by atoms with Crippen LogP contribution in [-0.2, 0) is 25.6 Å². The number of Topliss-reactive ketones (excluding diaryl/α,β-unsaturated/α-hetero) is 1. The fourth-order valence-corrected chi connectivity index (χ4v) is 3.58. The van der Waals surface area contributed by atoms with Crippen molar-refractivity contribution < 1.29 is 32.9 Å². The van der Waals surface area contributed by atoms with Gasteiger partial charge in [-0.05, 0) is 64.4 Å². The normalized spacial score (nSPS) is 19.3. The topological polar surface area (TPSA) is 83.1 Å². The summed E-state index contributed by atoms with van der Waals surface area (Å²) >= 11 is 0. The van der Waals surface area contributed by atoms with Gasteiger partial charge in [0.2, 0.25) is 0 Å². The van der Waals surface area contributed by atoms with Crippen molar-refractivity contribution in [1.82, 2.24) is 5.32 Å². The lowest BCUT2D eigenvalue weighted by atomic mass is 9.96. The monoisotopic (exact) mass is 473 g/mol. The summed E-state index contributed by atoms with van der Waals surface area (Å²) in [6.07, 6.45) is -2.56. The highest BCUT2D eigenvalue weighted by Gasteiger charge is 2.45. The van der Waals surface area contributed by atoms with E-state index in [1.165, 1.54) is 24.3 Å².